The topological polar surface area (TPSA) is 29.1 Å². The number of hydrogen-bond acceptors (Lipinski definition) is 1. The Hall–Kier alpha value is -0.830. The zero-order valence-corrected chi connectivity index (χ0v) is 10.8. The Labute approximate surface area is 105 Å². The van der Waals surface area contributed by atoms with Crippen LogP contribution in [0.1, 0.15) is 36.0 Å². The molecule has 1 fully saturated rings. The molecule has 1 saturated carbocycles. The largest absolute Gasteiger partial charge is 0.352 e. The van der Waals surface area contributed by atoms with Gasteiger partial charge in [0.15, 0.2) is 0 Å². The predicted octanol–water partition coefficient (Wildman–Crippen LogP) is 3.37. The van der Waals surface area contributed by atoms with E-state index in [0.29, 0.717) is 5.92 Å². The van der Waals surface area contributed by atoms with Crippen LogP contribution >= 0.6 is 15.9 Å². The van der Waals surface area contributed by atoms with E-state index in [1.54, 1.807) is 0 Å². The molecule has 0 atom stereocenters. The zero-order chi connectivity index (χ0) is 11.4. The molecule has 0 heterocycles. The summed E-state index contributed by atoms with van der Waals surface area (Å²) in [6.45, 7) is 0.828. The molecule has 0 radical (unpaired) electrons. The van der Waals surface area contributed by atoms with Gasteiger partial charge in [0.1, 0.15) is 0 Å². The van der Waals surface area contributed by atoms with E-state index < -0.39 is 0 Å². The lowest BCUT2D eigenvalue weighted by atomic mass is 10.1. The number of halogens is 1. The second kappa shape index (κ2) is 5.48. The molecule has 0 saturated heterocycles. The molecule has 0 spiro atoms. The molecule has 86 valence electrons. The van der Waals surface area contributed by atoms with Gasteiger partial charge in [0.25, 0.3) is 5.91 Å². The SMILES string of the molecule is O=C(NCC1CCCC1)c1ccc(Br)cc1. The maximum Gasteiger partial charge on any atom is 0.251 e. The minimum atomic E-state index is 0.0411. The van der Waals surface area contributed by atoms with E-state index in [1.807, 2.05) is 24.3 Å². The predicted molar refractivity (Wildman–Crippen MR) is 68.4 cm³/mol. The van der Waals surface area contributed by atoms with E-state index in [0.717, 1.165) is 16.6 Å². The van der Waals surface area contributed by atoms with Crippen LogP contribution in [-0.2, 0) is 0 Å². The molecule has 1 N–H and O–H groups in total. The number of benzene rings is 1. The Morgan fingerprint density at radius 3 is 2.50 bits per heavy atom. The van der Waals surface area contributed by atoms with Crippen molar-refractivity contribution in [3.05, 3.63) is 34.3 Å². The zero-order valence-electron chi connectivity index (χ0n) is 9.21. The third-order valence-corrected chi connectivity index (χ3v) is 3.66. The molecule has 16 heavy (non-hydrogen) atoms. The third kappa shape index (κ3) is 3.08. The molecule has 1 amide bonds. The van der Waals surface area contributed by atoms with E-state index >= 15 is 0 Å². The molecular weight excluding hydrogens is 266 g/mol. The normalized spacial score (nSPS) is 16.3. The van der Waals surface area contributed by atoms with Gasteiger partial charge in [-0.3, -0.25) is 4.79 Å². The van der Waals surface area contributed by atoms with Crippen LogP contribution in [0.3, 0.4) is 0 Å². The van der Waals surface area contributed by atoms with Crippen LogP contribution in [0.25, 0.3) is 0 Å². The van der Waals surface area contributed by atoms with Gasteiger partial charge in [0.05, 0.1) is 0 Å². The molecule has 1 aliphatic carbocycles. The average molecular weight is 282 g/mol. The van der Waals surface area contributed by atoms with Gasteiger partial charge in [-0.1, -0.05) is 28.8 Å². The average Bonchev–Trinajstić information content (AvgIpc) is 2.80. The number of carbonyl (C=O) groups is 1. The lowest BCUT2D eigenvalue weighted by Gasteiger charge is -2.10. The van der Waals surface area contributed by atoms with E-state index in [9.17, 15) is 4.79 Å². The summed E-state index contributed by atoms with van der Waals surface area (Å²) < 4.78 is 1.000. The van der Waals surface area contributed by atoms with E-state index in [-0.39, 0.29) is 5.91 Å². The summed E-state index contributed by atoms with van der Waals surface area (Å²) in [4.78, 5) is 11.8. The van der Waals surface area contributed by atoms with Crippen LogP contribution in [0.15, 0.2) is 28.7 Å². The molecule has 0 bridgehead atoms. The van der Waals surface area contributed by atoms with E-state index in [2.05, 4.69) is 21.2 Å². The summed E-state index contributed by atoms with van der Waals surface area (Å²) in [5.41, 5.74) is 0.737. The first kappa shape index (κ1) is 11.6. The number of carbonyl (C=O) groups excluding carboxylic acids is 1. The van der Waals surface area contributed by atoms with Gasteiger partial charge in [-0.15, -0.1) is 0 Å². The van der Waals surface area contributed by atoms with E-state index in [1.165, 1.54) is 25.7 Å². The molecule has 1 aliphatic rings. The minimum absolute atomic E-state index is 0.0411. The van der Waals surface area contributed by atoms with Crippen molar-refractivity contribution in [2.75, 3.05) is 6.54 Å². The van der Waals surface area contributed by atoms with Crippen LogP contribution in [0.5, 0.6) is 0 Å². The van der Waals surface area contributed by atoms with Gasteiger partial charge < -0.3 is 5.32 Å². The van der Waals surface area contributed by atoms with Gasteiger partial charge >= 0.3 is 0 Å². The highest BCUT2D eigenvalue weighted by molar-refractivity contribution is 9.10. The third-order valence-electron chi connectivity index (χ3n) is 3.13. The molecular formula is C13H16BrNO. The van der Waals surface area contributed by atoms with Crippen molar-refractivity contribution in [3.8, 4) is 0 Å². The van der Waals surface area contributed by atoms with Gasteiger partial charge in [-0.2, -0.15) is 0 Å². The summed E-state index contributed by atoms with van der Waals surface area (Å²) in [6.07, 6.45) is 5.17. The van der Waals surface area contributed by atoms with Crippen molar-refractivity contribution in [1.82, 2.24) is 5.32 Å². The van der Waals surface area contributed by atoms with Crippen LogP contribution in [0.4, 0.5) is 0 Å². The minimum Gasteiger partial charge on any atom is -0.352 e. The first-order valence-corrected chi connectivity index (χ1v) is 6.59. The quantitative estimate of drug-likeness (QED) is 0.904. The fraction of sp³-hybridized carbons (Fsp3) is 0.462. The lowest BCUT2D eigenvalue weighted by molar-refractivity contribution is 0.0947. The monoisotopic (exact) mass is 281 g/mol. The molecule has 0 unspecified atom stereocenters. The maximum atomic E-state index is 11.8. The molecule has 1 aromatic carbocycles. The second-order valence-electron chi connectivity index (χ2n) is 4.37. The van der Waals surface area contributed by atoms with Crippen molar-refractivity contribution >= 4 is 21.8 Å². The fourth-order valence-corrected chi connectivity index (χ4v) is 2.42. The van der Waals surface area contributed by atoms with Gasteiger partial charge in [-0.05, 0) is 43.0 Å². The summed E-state index contributed by atoms with van der Waals surface area (Å²) >= 11 is 3.36. The van der Waals surface area contributed by atoms with Crippen molar-refractivity contribution in [2.24, 2.45) is 5.92 Å². The molecule has 2 rings (SSSR count). The highest BCUT2D eigenvalue weighted by Crippen LogP contribution is 2.23. The van der Waals surface area contributed by atoms with Crippen molar-refractivity contribution in [1.29, 1.82) is 0 Å². The van der Waals surface area contributed by atoms with Crippen LogP contribution < -0.4 is 5.32 Å². The number of nitrogens with one attached hydrogen (secondary N) is 1. The Morgan fingerprint density at radius 2 is 1.88 bits per heavy atom. The number of hydrogen-bond donors (Lipinski definition) is 1. The van der Waals surface area contributed by atoms with Crippen molar-refractivity contribution in [2.45, 2.75) is 25.7 Å². The number of rotatable bonds is 3. The van der Waals surface area contributed by atoms with E-state index in [4.69, 9.17) is 0 Å². The lowest BCUT2D eigenvalue weighted by Crippen LogP contribution is -2.28. The molecule has 3 heteroatoms. The Bertz CT molecular complexity index is 355. The standard InChI is InChI=1S/C13H16BrNO/c14-12-7-5-11(6-8-12)13(16)15-9-10-3-1-2-4-10/h5-8,10H,1-4,9H2,(H,15,16). The number of amides is 1. The van der Waals surface area contributed by atoms with Crippen molar-refractivity contribution in [3.63, 3.8) is 0 Å². The molecule has 0 aliphatic heterocycles. The Kier molecular flexibility index (Phi) is 3.99. The highest BCUT2D eigenvalue weighted by atomic mass is 79.9. The summed E-state index contributed by atoms with van der Waals surface area (Å²) in [7, 11) is 0. The first-order chi connectivity index (χ1) is 7.75. The molecule has 0 aromatic heterocycles. The van der Waals surface area contributed by atoms with Crippen LogP contribution in [0.2, 0.25) is 0 Å². The maximum absolute atomic E-state index is 11.8. The second-order valence-corrected chi connectivity index (χ2v) is 5.28. The molecule has 2 nitrogen and oxygen atoms in total. The van der Waals surface area contributed by atoms with Crippen LogP contribution in [0, 0.1) is 5.92 Å². The van der Waals surface area contributed by atoms with Crippen molar-refractivity contribution < 1.29 is 4.79 Å². The van der Waals surface area contributed by atoms with Gasteiger partial charge in [0.2, 0.25) is 0 Å². The Morgan fingerprint density at radius 1 is 1.25 bits per heavy atom. The Balaban J connectivity index is 1.85. The first-order valence-electron chi connectivity index (χ1n) is 5.79. The smallest absolute Gasteiger partial charge is 0.251 e. The summed E-state index contributed by atoms with van der Waals surface area (Å²) in [5, 5.41) is 3.01. The fourth-order valence-electron chi connectivity index (χ4n) is 2.15. The van der Waals surface area contributed by atoms with Gasteiger partial charge in [-0.25, -0.2) is 0 Å². The summed E-state index contributed by atoms with van der Waals surface area (Å²) in [6, 6.07) is 7.47. The van der Waals surface area contributed by atoms with Crippen LogP contribution in [-0.4, -0.2) is 12.5 Å². The van der Waals surface area contributed by atoms with Gasteiger partial charge in [0, 0.05) is 16.6 Å². The summed E-state index contributed by atoms with van der Waals surface area (Å²) in [5.74, 6) is 0.735. The molecule has 1 aromatic rings. The highest BCUT2D eigenvalue weighted by Gasteiger charge is 2.15.